The zero-order valence-corrected chi connectivity index (χ0v) is 9.60. The first-order chi connectivity index (χ1) is 8.09. The highest BCUT2D eigenvalue weighted by Crippen LogP contribution is 2.36. The normalized spacial score (nSPS) is 16.1. The molecule has 1 aliphatic rings. The van der Waals surface area contributed by atoms with Crippen molar-refractivity contribution in [2.24, 2.45) is 5.73 Å². The summed E-state index contributed by atoms with van der Waals surface area (Å²) in [6, 6.07) is 2.23. The first kappa shape index (κ1) is 11.7. The predicted octanol–water partition coefficient (Wildman–Crippen LogP) is 1.08. The number of rotatable bonds is 2. The maximum Gasteiger partial charge on any atom is 0.183 e. The number of phenols is 1. The standard InChI is InChI=1S/C12H15NO4/c1-7(13)12(15)8-5-10-11(6-9(8)14)17-4-2-3-16-10/h5-7,14H,2-4,13H2,1H3. The molecule has 0 amide bonds. The van der Waals surface area contributed by atoms with Gasteiger partial charge in [0.2, 0.25) is 0 Å². The second-order valence-electron chi connectivity index (χ2n) is 4.02. The third kappa shape index (κ3) is 2.34. The number of hydrogen-bond acceptors (Lipinski definition) is 5. The van der Waals surface area contributed by atoms with E-state index in [1.807, 2.05) is 0 Å². The van der Waals surface area contributed by atoms with Crippen molar-refractivity contribution in [1.82, 2.24) is 0 Å². The van der Waals surface area contributed by atoms with Gasteiger partial charge < -0.3 is 20.3 Å². The van der Waals surface area contributed by atoms with E-state index in [9.17, 15) is 9.90 Å². The van der Waals surface area contributed by atoms with Crippen molar-refractivity contribution < 1.29 is 19.4 Å². The molecular formula is C12H15NO4. The van der Waals surface area contributed by atoms with Crippen molar-refractivity contribution in [2.75, 3.05) is 13.2 Å². The third-order valence-electron chi connectivity index (χ3n) is 2.54. The summed E-state index contributed by atoms with van der Waals surface area (Å²) in [5, 5.41) is 9.77. The van der Waals surface area contributed by atoms with Crippen molar-refractivity contribution in [1.29, 1.82) is 0 Å². The molecule has 17 heavy (non-hydrogen) atoms. The molecule has 3 N–H and O–H groups in total. The highest BCUT2D eigenvalue weighted by atomic mass is 16.5. The maximum absolute atomic E-state index is 11.8. The van der Waals surface area contributed by atoms with Crippen LogP contribution in [0.5, 0.6) is 17.2 Å². The van der Waals surface area contributed by atoms with E-state index in [0.717, 1.165) is 6.42 Å². The molecule has 1 heterocycles. The van der Waals surface area contributed by atoms with Gasteiger partial charge in [0.05, 0.1) is 24.8 Å². The minimum atomic E-state index is -0.661. The molecule has 1 unspecified atom stereocenters. The van der Waals surface area contributed by atoms with Gasteiger partial charge in [-0.2, -0.15) is 0 Å². The van der Waals surface area contributed by atoms with Crippen LogP contribution in [-0.4, -0.2) is 30.1 Å². The van der Waals surface area contributed by atoms with E-state index in [2.05, 4.69) is 0 Å². The average Bonchev–Trinajstić information content (AvgIpc) is 2.51. The minimum absolute atomic E-state index is 0.128. The molecule has 1 atom stereocenters. The Balaban J connectivity index is 2.42. The summed E-state index contributed by atoms with van der Waals surface area (Å²) in [6.07, 6.45) is 0.770. The van der Waals surface area contributed by atoms with Gasteiger partial charge in [-0.15, -0.1) is 0 Å². The van der Waals surface area contributed by atoms with Crippen LogP contribution in [-0.2, 0) is 0 Å². The molecule has 0 spiro atoms. The quantitative estimate of drug-likeness (QED) is 0.752. The fraction of sp³-hybridized carbons (Fsp3) is 0.417. The number of ether oxygens (including phenoxy) is 2. The zero-order chi connectivity index (χ0) is 12.4. The molecule has 5 nitrogen and oxygen atoms in total. The fourth-order valence-corrected chi connectivity index (χ4v) is 1.64. The Morgan fingerprint density at radius 2 is 1.94 bits per heavy atom. The lowest BCUT2D eigenvalue weighted by Crippen LogP contribution is -2.26. The molecule has 0 radical (unpaired) electrons. The molecule has 5 heteroatoms. The van der Waals surface area contributed by atoms with Gasteiger partial charge in [0.25, 0.3) is 0 Å². The van der Waals surface area contributed by atoms with Crippen LogP contribution in [0.3, 0.4) is 0 Å². The van der Waals surface area contributed by atoms with E-state index >= 15 is 0 Å². The van der Waals surface area contributed by atoms with E-state index in [1.165, 1.54) is 12.1 Å². The largest absolute Gasteiger partial charge is 0.507 e. The molecule has 1 aromatic carbocycles. The van der Waals surface area contributed by atoms with Crippen LogP contribution in [0.1, 0.15) is 23.7 Å². The minimum Gasteiger partial charge on any atom is -0.507 e. The van der Waals surface area contributed by atoms with Crippen LogP contribution in [0, 0.1) is 0 Å². The van der Waals surface area contributed by atoms with E-state index < -0.39 is 6.04 Å². The van der Waals surface area contributed by atoms with Crippen LogP contribution >= 0.6 is 0 Å². The Morgan fingerprint density at radius 3 is 2.53 bits per heavy atom. The van der Waals surface area contributed by atoms with Gasteiger partial charge in [0.15, 0.2) is 17.3 Å². The van der Waals surface area contributed by atoms with Crippen molar-refractivity contribution in [3.8, 4) is 17.2 Å². The van der Waals surface area contributed by atoms with Gasteiger partial charge in [0.1, 0.15) is 5.75 Å². The van der Waals surface area contributed by atoms with Gasteiger partial charge in [-0.1, -0.05) is 0 Å². The van der Waals surface area contributed by atoms with Crippen molar-refractivity contribution in [3.63, 3.8) is 0 Å². The molecule has 0 fully saturated rings. The van der Waals surface area contributed by atoms with Gasteiger partial charge in [-0.05, 0) is 13.0 Å². The van der Waals surface area contributed by atoms with E-state index in [1.54, 1.807) is 6.92 Å². The monoisotopic (exact) mass is 237 g/mol. The second kappa shape index (κ2) is 4.63. The highest BCUT2D eigenvalue weighted by molar-refractivity contribution is 6.02. The Labute approximate surface area is 99.1 Å². The van der Waals surface area contributed by atoms with Crippen molar-refractivity contribution >= 4 is 5.78 Å². The second-order valence-corrected chi connectivity index (χ2v) is 4.02. The van der Waals surface area contributed by atoms with Gasteiger partial charge in [-0.25, -0.2) is 0 Å². The van der Waals surface area contributed by atoms with Crippen LogP contribution in [0.2, 0.25) is 0 Å². The zero-order valence-electron chi connectivity index (χ0n) is 9.60. The summed E-state index contributed by atoms with van der Waals surface area (Å²) in [4.78, 5) is 11.8. The molecule has 0 aromatic heterocycles. The molecule has 92 valence electrons. The molecule has 0 saturated heterocycles. The molecule has 1 aromatic rings. The smallest absolute Gasteiger partial charge is 0.183 e. The number of benzene rings is 1. The Kier molecular flexibility index (Phi) is 3.19. The highest BCUT2D eigenvalue weighted by Gasteiger charge is 2.20. The van der Waals surface area contributed by atoms with Gasteiger partial charge in [0, 0.05) is 12.5 Å². The third-order valence-corrected chi connectivity index (χ3v) is 2.54. The first-order valence-electron chi connectivity index (χ1n) is 5.52. The van der Waals surface area contributed by atoms with Crippen molar-refractivity contribution in [2.45, 2.75) is 19.4 Å². The van der Waals surface area contributed by atoms with Crippen molar-refractivity contribution in [3.05, 3.63) is 17.7 Å². The molecular weight excluding hydrogens is 222 g/mol. The summed E-state index contributed by atoms with van der Waals surface area (Å²) in [5.74, 6) is 0.486. The Bertz CT molecular complexity index is 442. The maximum atomic E-state index is 11.8. The summed E-state index contributed by atoms with van der Waals surface area (Å²) in [7, 11) is 0. The Hall–Kier alpha value is -1.75. The molecule has 0 aliphatic carbocycles. The lowest BCUT2D eigenvalue weighted by atomic mass is 10.0. The Morgan fingerprint density at radius 1 is 1.35 bits per heavy atom. The van der Waals surface area contributed by atoms with Crippen LogP contribution < -0.4 is 15.2 Å². The van der Waals surface area contributed by atoms with E-state index in [0.29, 0.717) is 24.7 Å². The molecule has 0 saturated carbocycles. The summed E-state index contributed by atoms with van der Waals surface area (Å²) >= 11 is 0. The summed E-state index contributed by atoms with van der Waals surface area (Å²) < 4.78 is 10.8. The number of Topliss-reactive ketones (excluding diaryl/α,β-unsaturated/α-hetero) is 1. The SMILES string of the molecule is CC(N)C(=O)c1cc2c(cc1O)OCCCO2. The lowest BCUT2D eigenvalue weighted by molar-refractivity contribution is 0.0965. The van der Waals surface area contributed by atoms with Gasteiger partial charge in [-0.3, -0.25) is 4.79 Å². The first-order valence-corrected chi connectivity index (χ1v) is 5.52. The van der Waals surface area contributed by atoms with Crippen LogP contribution in [0.25, 0.3) is 0 Å². The predicted molar refractivity (Wildman–Crippen MR) is 61.7 cm³/mol. The molecule has 2 rings (SSSR count). The number of ketones is 1. The lowest BCUT2D eigenvalue weighted by Gasteiger charge is -2.12. The topological polar surface area (TPSA) is 81.8 Å². The summed E-state index contributed by atoms with van der Waals surface area (Å²) in [5.41, 5.74) is 5.68. The number of phenolic OH excluding ortho intramolecular Hbond substituents is 1. The summed E-state index contributed by atoms with van der Waals surface area (Å²) in [6.45, 7) is 2.64. The molecule has 1 aliphatic heterocycles. The number of nitrogens with two attached hydrogens (primary N) is 1. The molecule has 0 bridgehead atoms. The number of carbonyl (C=O) groups is 1. The average molecular weight is 237 g/mol. The van der Waals surface area contributed by atoms with E-state index in [-0.39, 0.29) is 17.1 Å². The number of hydrogen-bond donors (Lipinski definition) is 2. The number of fused-ring (bicyclic) bond motifs is 1. The number of aromatic hydroxyl groups is 1. The van der Waals surface area contributed by atoms with Crippen LogP contribution in [0.15, 0.2) is 12.1 Å². The van der Waals surface area contributed by atoms with Crippen LogP contribution in [0.4, 0.5) is 0 Å². The fourth-order valence-electron chi connectivity index (χ4n) is 1.64. The number of carbonyl (C=O) groups excluding carboxylic acids is 1. The van der Waals surface area contributed by atoms with Gasteiger partial charge >= 0.3 is 0 Å². The van der Waals surface area contributed by atoms with E-state index in [4.69, 9.17) is 15.2 Å².